The molecule has 2 rings (SSSR count). The Balaban J connectivity index is 1.96. The molecule has 1 heterocycles. The molecule has 1 unspecified atom stereocenters. The number of rotatable bonds is 11. The smallest absolute Gasteiger partial charge is 0.237 e. The van der Waals surface area contributed by atoms with E-state index in [9.17, 15) is 9.59 Å². The second-order valence-corrected chi connectivity index (χ2v) is 6.57. The molecule has 1 aromatic rings. The van der Waals surface area contributed by atoms with Crippen LogP contribution in [0.4, 0.5) is 0 Å². The summed E-state index contributed by atoms with van der Waals surface area (Å²) in [5.41, 5.74) is 0.995. The van der Waals surface area contributed by atoms with Crippen LogP contribution >= 0.6 is 0 Å². The zero-order valence-electron chi connectivity index (χ0n) is 17.0. The fraction of sp³-hybridized carbons (Fsp3) is 0.600. The number of amides is 2. The molecule has 1 fully saturated rings. The molecule has 0 aliphatic carbocycles. The van der Waals surface area contributed by atoms with Gasteiger partial charge in [0.15, 0.2) is 11.5 Å². The van der Waals surface area contributed by atoms with E-state index in [4.69, 9.17) is 14.2 Å². The van der Waals surface area contributed by atoms with Gasteiger partial charge < -0.3 is 24.8 Å². The summed E-state index contributed by atoms with van der Waals surface area (Å²) in [4.78, 5) is 26.7. The van der Waals surface area contributed by atoms with Gasteiger partial charge in [-0.3, -0.25) is 14.5 Å². The Labute approximate surface area is 166 Å². The van der Waals surface area contributed by atoms with Crippen molar-refractivity contribution in [2.45, 2.75) is 32.4 Å². The van der Waals surface area contributed by atoms with Crippen molar-refractivity contribution in [2.75, 3.05) is 47.1 Å². The van der Waals surface area contributed by atoms with Crippen LogP contribution in [0, 0.1) is 0 Å². The number of benzene rings is 1. The Bertz CT molecular complexity index is 653. The Kier molecular flexibility index (Phi) is 9.03. The third-order valence-corrected chi connectivity index (χ3v) is 4.65. The molecule has 8 nitrogen and oxygen atoms in total. The van der Waals surface area contributed by atoms with Crippen LogP contribution in [0.1, 0.15) is 25.3 Å². The van der Waals surface area contributed by atoms with Gasteiger partial charge >= 0.3 is 0 Å². The summed E-state index contributed by atoms with van der Waals surface area (Å²) in [6.07, 6.45) is 0.888. The number of carbonyl (C=O) groups excluding carboxylic acids is 2. The maximum absolute atomic E-state index is 12.4. The lowest BCUT2D eigenvalue weighted by Gasteiger charge is -2.34. The van der Waals surface area contributed by atoms with Crippen LogP contribution in [0.25, 0.3) is 0 Å². The third-order valence-electron chi connectivity index (χ3n) is 4.65. The molecule has 0 saturated carbocycles. The molecule has 2 amide bonds. The monoisotopic (exact) mass is 393 g/mol. The zero-order valence-corrected chi connectivity index (χ0v) is 17.0. The van der Waals surface area contributed by atoms with Crippen molar-refractivity contribution in [1.29, 1.82) is 0 Å². The van der Waals surface area contributed by atoms with Crippen LogP contribution in [-0.2, 0) is 20.9 Å². The van der Waals surface area contributed by atoms with Crippen LogP contribution in [0.5, 0.6) is 11.5 Å². The van der Waals surface area contributed by atoms with E-state index in [1.54, 1.807) is 14.2 Å². The highest BCUT2D eigenvalue weighted by molar-refractivity contribution is 5.88. The lowest BCUT2D eigenvalue weighted by atomic mass is 10.1. The predicted octanol–water partition coefficient (Wildman–Crippen LogP) is 0.937. The molecule has 0 spiro atoms. The summed E-state index contributed by atoms with van der Waals surface area (Å²) >= 11 is 0. The molecule has 1 atom stereocenters. The Morgan fingerprint density at radius 3 is 2.79 bits per heavy atom. The fourth-order valence-corrected chi connectivity index (χ4v) is 3.18. The third kappa shape index (κ3) is 6.38. The fourth-order valence-electron chi connectivity index (χ4n) is 3.18. The minimum atomic E-state index is -0.492. The maximum atomic E-state index is 12.4. The Hall–Kier alpha value is -2.32. The Morgan fingerprint density at radius 2 is 2.07 bits per heavy atom. The normalized spacial score (nSPS) is 17.1. The van der Waals surface area contributed by atoms with Gasteiger partial charge in [0.1, 0.15) is 0 Å². The number of nitrogens with zero attached hydrogens (tertiary/aromatic N) is 1. The predicted molar refractivity (Wildman–Crippen MR) is 105 cm³/mol. The van der Waals surface area contributed by atoms with Crippen LogP contribution in [-0.4, -0.2) is 69.8 Å². The standard InChI is InChI=1S/C20H31N3O5/c1-4-28-11-5-8-21-19(24)13-16-20(25)22-9-10-23(16)14-15-6-7-17(26-2)18(12-15)27-3/h6-7,12,16H,4-5,8-11,13-14H2,1-3H3,(H,21,24)(H,22,25). The van der Waals surface area contributed by atoms with E-state index in [2.05, 4.69) is 10.6 Å². The van der Waals surface area contributed by atoms with E-state index in [1.165, 1.54) is 0 Å². The summed E-state index contributed by atoms with van der Waals surface area (Å²) in [6, 6.07) is 5.20. The summed E-state index contributed by atoms with van der Waals surface area (Å²) in [7, 11) is 3.18. The van der Waals surface area contributed by atoms with E-state index in [0.29, 0.717) is 50.9 Å². The van der Waals surface area contributed by atoms with E-state index in [1.807, 2.05) is 30.0 Å². The molecule has 0 bridgehead atoms. The van der Waals surface area contributed by atoms with Crippen LogP contribution in [0.3, 0.4) is 0 Å². The number of hydrogen-bond acceptors (Lipinski definition) is 6. The summed E-state index contributed by atoms with van der Waals surface area (Å²) in [5, 5.41) is 5.72. The van der Waals surface area contributed by atoms with Crippen molar-refractivity contribution >= 4 is 11.8 Å². The van der Waals surface area contributed by atoms with Gasteiger partial charge in [0.25, 0.3) is 0 Å². The van der Waals surface area contributed by atoms with Gasteiger partial charge in [-0.1, -0.05) is 6.07 Å². The second-order valence-electron chi connectivity index (χ2n) is 6.57. The molecule has 156 valence electrons. The first kappa shape index (κ1) is 22.0. The molecule has 1 aliphatic heterocycles. The molecule has 8 heteroatoms. The largest absolute Gasteiger partial charge is 0.493 e. The number of piperazine rings is 1. The van der Waals surface area contributed by atoms with Gasteiger partial charge in [-0.25, -0.2) is 0 Å². The average molecular weight is 393 g/mol. The number of methoxy groups -OCH3 is 2. The van der Waals surface area contributed by atoms with Crippen LogP contribution in [0.15, 0.2) is 18.2 Å². The minimum absolute atomic E-state index is 0.115. The highest BCUT2D eigenvalue weighted by Crippen LogP contribution is 2.28. The molecule has 0 aromatic heterocycles. The second kappa shape index (κ2) is 11.5. The first-order chi connectivity index (χ1) is 13.6. The molecule has 1 aliphatic rings. The van der Waals surface area contributed by atoms with Crippen molar-refractivity contribution in [3.05, 3.63) is 23.8 Å². The number of carbonyl (C=O) groups is 2. The minimum Gasteiger partial charge on any atom is -0.493 e. The lowest BCUT2D eigenvalue weighted by molar-refractivity contribution is -0.134. The van der Waals surface area contributed by atoms with Gasteiger partial charge in [0.05, 0.1) is 26.7 Å². The topological polar surface area (TPSA) is 89.1 Å². The van der Waals surface area contributed by atoms with Gasteiger partial charge in [-0.05, 0) is 31.0 Å². The first-order valence-corrected chi connectivity index (χ1v) is 9.66. The van der Waals surface area contributed by atoms with E-state index in [-0.39, 0.29) is 18.2 Å². The van der Waals surface area contributed by atoms with Gasteiger partial charge in [0.2, 0.25) is 11.8 Å². The number of hydrogen-bond donors (Lipinski definition) is 2. The average Bonchev–Trinajstić information content (AvgIpc) is 2.70. The van der Waals surface area contributed by atoms with Gasteiger partial charge in [0, 0.05) is 39.4 Å². The molecule has 1 aromatic carbocycles. The highest BCUT2D eigenvalue weighted by atomic mass is 16.5. The van der Waals surface area contributed by atoms with Crippen molar-refractivity contribution in [3.8, 4) is 11.5 Å². The maximum Gasteiger partial charge on any atom is 0.237 e. The highest BCUT2D eigenvalue weighted by Gasteiger charge is 2.31. The molecule has 1 saturated heterocycles. The van der Waals surface area contributed by atoms with Gasteiger partial charge in [-0.2, -0.15) is 0 Å². The summed E-state index contributed by atoms with van der Waals surface area (Å²) in [5.74, 6) is 1.06. The summed E-state index contributed by atoms with van der Waals surface area (Å²) in [6.45, 7) is 5.57. The lowest BCUT2D eigenvalue weighted by Crippen LogP contribution is -2.56. The molecular weight excluding hydrogens is 362 g/mol. The first-order valence-electron chi connectivity index (χ1n) is 9.66. The van der Waals surface area contributed by atoms with Gasteiger partial charge in [-0.15, -0.1) is 0 Å². The van der Waals surface area contributed by atoms with E-state index < -0.39 is 6.04 Å². The number of ether oxygens (including phenoxy) is 3. The molecule has 2 N–H and O–H groups in total. The van der Waals surface area contributed by atoms with Crippen LogP contribution < -0.4 is 20.1 Å². The van der Waals surface area contributed by atoms with Crippen molar-refractivity contribution in [1.82, 2.24) is 15.5 Å². The van der Waals surface area contributed by atoms with E-state index in [0.717, 1.165) is 12.0 Å². The Morgan fingerprint density at radius 1 is 1.29 bits per heavy atom. The van der Waals surface area contributed by atoms with E-state index >= 15 is 0 Å². The zero-order chi connectivity index (χ0) is 20.4. The van der Waals surface area contributed by atoms with Crippen LogP contribution in [0.2, 0.25) is 0 Å². The van der Waals surface area contributed by atoms with Crippen molar-refractivity contribution in [3.63, 3.8) is 0 Å². The SMILES string of the molecule is CCOCCCNC(=O)CC1C(=O)NCCN1Cc1ccc(OC)c(OC)c1. The molecule has 0 radical (unpaired) electrons. The van der Waals surface area contributed by atoms with Crippen molar-refractivity contribution < 1.29 is 23.8 Å². The number of nitrogens with one attached hydrogen (secondary N) is 2. The molecule has 28 heavy (non-hydrogen) atoms. The van der Waals surface area contributed by atoms with Crippen molar-refractivity contribution in [2.24, 2.45) is 0 Å². The summed E-state index contributed by atoms with van der Waals surface area (Å²) < 4.78 is 15.9. The molecular formula is C20H31N3O5. The quantitative estimate of drug-likeness (QED) is 0.544.